The van der Waals surface area contributed by atoms with Crippen molar-refractivity contribution < 1.29 is 27.5 Å². The monoisotopic (exact) mass is 460 g/mol. The molecule has 1 atom stereocenters. The summed E-state index contributed by atoms with van der Waals surface area (Å²) in [6.07, 6.45) is -3.20. The molecule has 6 nitrogen and oxygen atoms in total. The molecule has 9 heteroatoms. The Bertz CT molecular complexity index is 1220. The average molecular weight is 460 g/mol. The first-order valence-corrected chi connectivity index (χ1v) is 10.4. The number of ether oxygens (including phenoxy) is 1. The van der Waals surface area contributed by atoms with Crippen LogP contribution in [-0.2, 0) is 28.7 Å². The highest BCUT2D eigenvalue weighted by Gasteiger charge is 2.31. The lowest BCUT2D eigenvalue weighted by Gasteiger charge is -2.18. The van der Waals surface area contributed by atoms with Crippen LogP contribution in [0.5, 0.6) is 0 Å². The van der Waals surface area contributed by atoms with Gasteiger partial charge in [-0.05, 0) is 37.6 Å². The molecule has 0 unspecified atom stereocenters. The van der Waals surface area contributed by atoms with Crippen LogP contribution < -0.4 is 10.7 Å². The fourth-order valence-electron chi connectivity index (χ4n) is 3.51. The number of aromatic nitrogens is 1. The number of nitrogens with zero attached hydrogens (tertiary/aromatic N) is 1. The molecule has 0 radical (unpaired) electrons. The standard InChI is InChI=1S/C24H23F3N2O4/c1-3-29-14-18(21(30)17-11-10-16(13-20(17)29)24(25,26)27)22(31)28-19(23(32)33-4-2)12-15-8-6-5-7-9-15/h5-11,13-14,19H,3-4,12H2,1-2H3,(H,28,31)/t19-/m1/s1. The molecule has 0 bridgehead atoms. The Morgan fingerprint density at radius 2 is 1.79 bits per heavy atom. The zero-order valence-corrected chi connectivity index (χ0v) is 18.1. The number of nitrogens with one attached hydrogen (secondary N) is 1. The van der Waals surface area contributed by atoms with Gasteiger partial charge in [0.25, 0.3) is 5.91 Å². The molecule has 1 N–H and O–H groups in total. The number of carbonyl (C=O) groups excluding carboxylic acids is 2. The summed E-state index contributed by atoms with van der Waals surface area (Å²) in [7, 11) is 0. The Morgan fingerprint density at radius 3 is 2.39 bits per heavy atom. The van der Waals surface area contributed by atoms with Gasteiger partial charge in [-0.2, -0.15) is 13.2 Å². The Labute approximate surface area is 188 Å². The molecule has 0 saturated carbocycles. The van der Waals surface area contributed by atoms with Crippen LogP contribution in [0.4, 0.5) is 13.2 Å². The predicted octanol–water partition coefficient (Wildman–Crippen LogP) is 3.94. The molecule has 1 aromatic heterocycles. The van der Waals surface area contributed by atoms with Crippen molar-refractivity contribution >= 4 is 22.8 Å². The van der Waals surface area contributed by atoms with Crippen molar-refractivity contribution in [1.82, 2.24) is 9.88 Å². The molecule has 3 rings (SSSR count). The molecule has 3 aromatic rings. The molecule has 33 heavy (non-hydrogen) atoms. The summed E-state index contributed by atoms with van der Waals surface area (Å²) < 4.78 is 45.8. The van der Waals surface area contributed by atoms with E-state index >= 15 is 0 Å². The van der Waals surface area contributed by atoms with Crippen LogP contribution in [0.25, 0.3) is 10.9 Å². The molecule has 2 aromatic carbocycles. The number of pyridine rings is 1. The molecule has 0 spiro atoms. The Balaban J connectivity index is 1.99. The van der Waals surface area contributed by atoms with Crippen molar-refractivity contribution in [2.45, 2.75) is 39.0 Å². The molecule has 0 aliphatic rings. The van der Waals surface area contributed by atoms with Crippen LogP contribution in [0.2, 0.25) is 0 Å². The third-order valence-electron chi connectivity index (χ3n) is 5.15. The zero-order valence-electron chi connectivity index (χ0n) is 18.1. The second-order valence-electron chi connectivity index (χ2n) is 7.36. The van der Waals surface area contributed by atoms with E-state index in [1.54, 1.807) is 38.1 Å². The van der Waals surface area contributed by atoms with Gasteiger partial charge in [0.1, 0.15) is 11.6 Å². The van der Waals surface area contributed by atoms with E-state index < -0.39 is 35.1 Å². The van der Waals surface area contributed by atoms with Crippen molar-refractivity contribution in [3.63, 3.8) is 0 Å². The van der Waals surface area contributed by atoms with Crippen molar-refractivity contribution in [1.29, 1.82) is 0 Å². The second-order valence-corrected chi connectivity index (χ2v) is 7.36. The Hall–Kier alpha value is -3.62. The van der Waals surface area contributed by atoms with Gasteiger partial charge in [-0.3, -0.25) is 9.59 Å². The van der Waals surface area contributed by atoms with Crippen LogP contribution in [0.15, 0.2) is 59.5 Å². The van der Waals surface area contributed by atoms with Gasteiger partial charge in [-0.15, -0.1) is 0 Å². The number of alkyl halides is 3. The van der Waals surface area contributed by atoms with E-state index in [9.17, 15) is 27.6 Å². The van der Waals surface area contributed by atoms with Gasteiger partial charge in [0.05, 0.1) is 17.7 Å². The van der Waals surface area contributed by atoms with Gasteiger partial charge < -0.3 is 14.6 Å². The molecule has 174 valence electrons. The number of esters is 1. The summed E-state index contributed by atoms with van der Waals surface area (Å²) in [5, 5.41) is 2.53. The molecule has 1 amide bonds. The summed E-state index contributed by atoms with van der Waals surface area (Å²) in [5.41, 5.74) is -1.03. The summed E-state index contributed by atoms with van der Waals surface area (Å²) in [6, 6.07) is 10.7. The number of hydrogen-bond donors (Lipinski definition) is 1. The van der Waals surface area contributed by atoms with E-state index in [4.69, 9.17) is 4.74 Å². The molecule has 0 fully saturated rings. The number of rotatable bonds is 7. The maximum atomic E-state index is 13.1. The highest BCUT2D eigenvalue weighted by atomic mass is 19.4. The average Bonchev–Trinajstić information content (AvgIpc) is 2.79. The first-order chi connectivity index (χ1) is 15.7. The first kappa shape index (κ1) is 24.0. The summed E-state index contributed by atoms with van der Waals surface area (Å²) in [6.45, 7) is 3.66. The molecular formula is C24H23F3N2O4. The number of hydrogen-bond acceptors (Lipinski definition) is 4. The van der Waals surface area contributed by atoms with Crippen molar-refractivity contribution in [3.05, 3.63) is 81.6 Å². The third kappa shape index (κ3) is 5.42. The largest absolute Gasteiger partial charge is 0.464 e. The third-order valence-corrected chi connectivity index (χ3v) is 5.15. The van der Waals surface area contributed by atoms with Gasteiger partial charge in [0, 0.05) is 24.5 Å². The lowest BCUT2D eigenvalue weighted by Crippen LogP contribution is -2.44. The van der Waals surface area contributed by atoms with Crippen LogP contribution in [0.3, 0.4) is 0 Å². The van der Waals surface area contributed by atoms with Crippen LogP contribution >= 0.6 is 0 Å². The summed E-state index contributed by atoms with van der Waals surface area (Å²) >= 11 is 0. The summed E-state index contributed by atoms with van der Waals surface area (Å²) in [5.74, 6) is -1.46. The van der Waals surface area contributed by atoms with Gasteiger partial charge >= 0.3 is 12.1 Å². The smallest absolute Gasteiger partial charge is 0.416 e. The fourth-order valence-corrected chi connectivity index (χ4v) is 3.51. The van der Waals surface area contributed by atoms with Gasteiger partial charge in [0.15, 0.2) is 0 Å². The number of amides is 1. The van der Waals surface area contributed by atoms with Crippen molar-refractivity contribution in [2.24, 2.45) is 0 Å². The molecule has 0 aliphatic heterocycles. The number of halogens is 3. The lowest BCUT2D eigenvalue weighted by molar-refractivity contribution is -0.145. The SMILES string of the molecule is CCOC(=O)[C@@H](Cc1ccccc1)NC(=O)c1cn(CC)c2cc(C(F)(F)F)ccc2c1=O. The molecule has 0 saturated heterocycles. The topological polar surface area (TPSA) is 77.4 Å². The molecule has 1 heterocycles. The quantitative estimate of drug-likeness (QED) is 0.542. The van der Waals surface area contributed by atoms with Gasteiger partial charge in [-0.25, -0.2) is 4.79 Å². The van der Waals surface area contributed by atoms with Crippen molar-refractivity contribution in [2.75, 3.05) is 6.61 Å². The number of carbonyl (C=O) groups is 2. The minimum atomic E-state index is -4.57. The maximum absolute atomic E-state index is 13.1. The Kier molecular flexibility index (Phi) is 7.20. The van der Waals surface area contributed by atoms with E-state index in [2.05, 4.69) is 5.32 Å². The zero-order chi connectivity index (χ0) is 24.2. The molecule has 0 aliphatic carbocycles. The summed E-state index contributed by atoms with van der Waals surface area (Å²) in [4.78, 5) is 38.4. The van der Waals surface area contributed by atoms with Crippen LogP contribution in [0.1, 0.15) is 35.3 Å². The number of fused-ring (bicyclic) bond motifs is 1. The van der Waals surface area contributed by atoms with Gasteiger partial charge in [0.2, 0.25) is 5.43 Å². The normalized spacial score (nSPS) is 12.4. The van der Waals surface area contributed by atoms with E-state index in [-0.39, 0.29) is 36.0 Å². The van der Waals surface area contributed by atoms with Crippen LogP contribution in [0, 0.1) is 0 Å². The maximum Gasteiger partial charge on any atom is 0.416 e. The highest BCUT2D eigenvalue weighted by molar-refractivity contribution is 5.99. The van der Waals surface area contributed by atoms with E-state index in [0.29, 0.717) is 0 Å². The lowest BCUT2D eigenvalue weighted by atomic mass is 10.0. The minimum absolute atomic E-state index is 0.0201. The second kappa shape index (κ2) is 9.89. The number of aryl methyl sites for hydroxylation is 1. The minimum Gasteiger partial charge on any atom is -0.464 e. The predicted molar refractivity (Wildman–Crippen MR) is 117 cm³/mol. The highest BCUT2D eigenvalue weighted by Crippen LogP contribution is 2.31. The van der Waals surface area contributed by atoms with Crippen molar-refractivity contribution in [3.8, 4) is 0 Å². The Morgan fingerprint density at radius 1 is 1.09 bits per heavy atom. The van der Waals surface area contributed by atoms with E-state index in [1.807, 2.05) is 6.07 Å². The van der Waals surface area contributed by atoms with Crippen LogP contribution in [-0.4, -0.2) is 29.1 Å². The fraction of sp³-hybridized carbons (Fsp3) is 0.292. The van der Waals surface area contributed by atoms with E-state index in [1.165, 1.54) is 10.8 Å². The first-order valence-electron chi connectivity index (χ1n) is 10.4. The number of benzene rings is 2. The molecular weight excluding hydrogens is 437 g/mol. The van der Waals surface area contributed by atoms with Gasteiger partial charge in [-0.1, -0.05) is 30.3 Å². The van der Waals surface area contributed by atoms with E-state index in [0.717, 1.165) is 23.8 Å².